The van der Waals surface area contributed by atoms with Gasteiger partial charge in [0.15, 0.2) is 11.6 Å². The first kappa shape index (κ1) is 17.4. The van der Waals surface area contributed by atoms with E-state index in [9.17, 15) is 14.0 Å². The molecule has 0 saturated heterocycles. The molecule has 0 saturated carbocycles. The molecule has 0 bridgehead atoms. The lowest BCUT2D eigenvalue weighted by molar-refractivity contribution is -0.116. The van der Waals surface area contributed by atoms with Crippen LogP contribution in [-0.4, -0.2) is 31.9 Å². The van der Waals surface area contributed by atoms with E-state index >= 15 is 0 Å². The Balaban J connectivity index is 1.59. The van der Waals surface area contributed by atoms with Gasteiger partial charge in [-0.25, -0.2) is 9.07 Å². The van der Waals surface area contributed by atoms with Gasteiger partial charge in [-0.2, -0.15) is 0 Å². The number of nitrogens with zero attached hydrogens (tertiary/aromatic N) is 4. The number of aryl methyl sites for hydroxylation is 1. The molecule has 0 aliphatic carbocycles. The molecule has 132 valence electrons. The molecule has 8 heteroatoms. The smallest absolute Gasteiger partial charge is 0.224 e. The second-order valence-corrected chi connectivity index (χ2v) is 5.69. The number of anilines is 1. The largest absolute Gasteiger partial charge is 0.326 e. The van der Waals surface area contributed by atoms with Crippen LogP contribution in [0.1, 0.15) is 23.2 Å². The van der Waals surface area contributed by atoms with Crippen molar-refractivity contribution in [1.29, 1.82) is 0 Å². The van der Waals surface area contributed by atoms with Gasteiger partial charge in [0.05, 0.1) is 0 Å². The van der Waals surface area contributed by atoms with Gasteiger partial charge in [0.25, 0.3) is 0 Å². The third kappa shape index (κ3) is 4.15. The van der Waals surface area contributed by atoms with Crippen molar-refractivity contribution in [1.82, 2.24) is 20.2 Å². The number of rotatable bonds is 6. The lowest BCUT2D eigenvalue weighted by atomic mass is 10.1. The van der Waals surface area contributed by atoms with Gasteiger partial charge >= 0.3 is 0 Å². The molecular weight excluding hydrogens is 337 g/mol. The van der Waals surface area contributed by atoms with Gasteiger partial charge in [-0.3, -0.25) is 9.59 Å². The maximum atomic E-state index is 12.9. The average Bonchev–Trinajstić information content (AvgIpc) is 3.06. The number of tetrazole rings is 1. The Morgan fingerprint density at radius 3 is 2.58 bits per heavy atom. The van der Waals surface area contributed by atoms with Crippen LogP contribution in [-0.2, 0) is 11.8 Å². The zero-order chi connectivity index (χ0) is 18.5. The van der Waals surface area contributed by atoms with Gasteiger partial charge in [0, 0.05) is 36.7 Å². The highest BCUT2D eigenvalue weighted by Crippen LogP contribution is 2.19. The Kier molecular flexibility index (Phi) is 5.12. The molecule has 0 aliphatic rings. The molecule has 0 atom stereocenters. The minimum absolute atomic E-state index is 0.0337. The van der Waals surface area contributed by atoms with Crippen LogP contribution in [0.25, 0.3) is 11.4 Å². The average molecular weight is 353 g/mol. The number of amides is 1. The topological polar surface area (TPSA) is 89.8 Å². The first-order valence-corrected chi connectivity index (χ1v) is 7.94. The van der Waals surface area contributed by atoms with E-state index in [0.717, 1.165) is 5.56 Å². The van der Waals surface area contributed by atoms with Crippen LogP contribution in [0.15, 0.2) is 48.5 Å². The predicted molar refractivity (Wildman–Crippen MR) is 92.8 cm³/mol. The van der Waals surface area contributed by atoms with E-state index in [1.165, 1.54) is 28.9 Å². The van der Waals surface area contributed by atoms with E-state index in [1.54, 1.807) is 25.2 Å². The number of hydrogen-bond donors (Lipinski definition) is 1. The van der Waals surface area contributed by atoms with E-state index in [2.05, 4.69) is 20.8 Å². The quantitative estimate of drug-likeness (QED) is 0.688. The minimum Gasteiger partial charge on any atom is -0.326 e. The van der Waals surface area contributed by atoms with Crippen LogP contribution in [0, 0.1) is 5.82 Å². The molecule has 1 heterocycles. The van der Waals surface area contributed by atoms with Gasteiger partial charge in [-0.1, -0.05) is 12.1 Å². The van der Waals surface area contributed by atoms with Crippen molar-refractivity contribution in [2.75, 3.05) is 5.32 Å². The van der Waals surface area contributed by atoms with Crippen LogP contribution < -0.4 is 5.32 Å². The molecule has 0 spiro atoms. The van der Waals surface area contributed by atoms with Gasteiger partial charge < -0.3 is 5.32 Å². The van der Waals surface area contributed by atoms with Crippen LogP contribution in [0.3, 0.4) is 0 Å². The van der Waals surface area contributed by atoms with E-state index in [1.807, 2.05) is 6.07 Å². The highest BCUT2D eigenvalue weighted by Gasteiger charge is 2.11. The highest BCUT2D eigenvalue weighted by molar-refractivity contribution is 6.00. The molecule has 0 radical (unpaired) electrons. The Labute approximate surface area is 148 Å². The molecule has 0 aliphatic heterocycles. The van der Waals surface area contributed by atoms with Crippen LogP contribution in [0.4, 0.5) is 10.1 Å². The number of carbonyl (C=O) groups excluding carboxylic acids is 2. The third-order valence-electron chi connectivity index (χ3n) is 3.77. The summed E-state index contributed by atoms with van der Waals surface area (Å²) in [6.07, 6.45) is 0.0797. The lowest BCUT2D eigenvalue weighted by Crippen LogP contribution is -2.13. The van der Waals surface area contributed by atoms with Gasteiger partial charge in [0.2, 0.25) is 5.91 Å². The Morgan fingerprint density at radius 1 is 1.12 bits per heavy atom. The summed E-state index contributed by atoms with van der Waals surface area (Å²) < 4.78 is 14.4. The fourth-order valence-corrected chi connectivity index (χ4v) is 2.44. The number of aromatic nitrogens is 4. The number of nitrogens with one attached hydrogen (secondary N) is 1. The normalized spacial score (nSPS) is 10.5. The van der Waals surface area contributed by atoms with E-state index < -0.39 is 5.82 Å². The molecule has 1 aromatic heterocycles. The lowest BCUT2D eigenvalue weighted by Gasteiger charge is -2.07. The first-order chi connectivity index (χ1) is 12.5. The van der Waals surface area contributed by atoms with Crippen molar-refractivity contribution in [2.24, 2.45) is 7.05 Å². The number of carbonyl (C=O) groups is 2. The molecule has 0 unspecified atom stereocenters. The number of benzene rings is 2. The fraction of sp³-hybridized carbons (Fsp3) is 0.167. The molecule has 0 fully saturated rings. The van der Waals surface area contributed by atoms with Crippen LogP contribution in [0.2, 0.25) is 0 Å². The summed E-state index contributed by atoms with van der Waals surface area (Å²) in [5.74, 6) is -0.322. The molecule has 2 aromatic carbocycles. The second-order valence-electron chi connectivity index (χ2n) is 5.69. The molecule has 3 aromatic rings. The Bertz CT molecular complexity index is 937. The predicted octanol–water partition coefficient (Wildman–Crippen LogP) is 2.62. The summed E-state index contributed by atoms with van der Waals surface area (Å²) in [6, 6.07) is 12.4. The Morgan fingerprint density at radius 2 is 1.88 bits per heavy atom. The van der Waals surface area contributed by atoms with Crippen molar-refractivity contribution < 1.29 is 14.0 Å². The summed E-state index contributed by atoms with van der Waals surface area (Å²) in [5.41, 5.74) is 1.73. The number of hydrogen-bond acceptors (Lipinski definition) is 5. The third-order valence-corrected chi connectivity index (χ3v) is 3.77. The fourth-order valence-electron chi connectivity index (χ4n) is 2.44. The van der Waals surface area contributed by atoms with Crippen molar-refractivity contribution in [3.8, 4) is 11.4 Å². The summed E-state index contributed by atoms with van der Waals surface area (Å²) in [7, 11) is 1.72. The maximum Gasteiger partial charge on any atom is 0.224 e. The Hall–Kier alpha value is -3.42. The first-order valence-electron chi connectivity index (χ1n) is 7.94. The van der Waals surface area contributed by atoms with Crippen molar-refractivity contribution in [3.05, 3.63) is 59.9 Å². The van der Waals surface area contributed by atoms with Gasteiger partial charge in [-0.05, 0) is 46.8 Å². The number of Topliss-reactive ketones (excluding diaryl/α,β-unsaturated/α-hetero) is 1. The molecule has 26 heavy (non-hydrogen) atoms. The summed E-state index contributed by atoms with van der Waals surface area (Å²) in [6.45, 7) is 0. The zero-order valence-electron chi connectivity index (χ0n) is 14.0. The summed E-state index contributed by atoms with van der Waals surface area (Å²) in [4.78, 5) is 24.1. The van der Waals surface area contributed by atoms with E-state index in [4.69, 9.17) is 0 Å². The molecule has 1 amide bonds. The number of ketones is 1. The molecular formula is C18H16FN5O2. The van der Waals surface area contributed by atoms with E-state index in [-0.39, 0.29) is 24.5 Å². The molecule has 1 N–H and O–H groups in total. The molecule has 7 nitrogen and oxygen atoms in total. The van der Waals surface area contributed by atoms with Gasteiger partial charge in [-0.15, -0.1) is 5.10 Å². The van der Waals surface area contributed by atoms with E-state index in [0.29, 0.717) is 17.1 Å². The monoisotopic (exact) mass is 353 g/mol. The second kappa shape index (κ2) is 7.64. The highest BCUT2D eigenvalue weighted by atomic mass is 19.1. The minimum atomic E-state index is -0.405. The van der Waals surface area contributed by atoms with Crippen molar-refractivity contribution >= 4 is 17.4 Å². The summed E-state index contributed by atoms with van der Waals surface area (Å²) in [5, 5.41) is 14.0. The van der Waals surface area contributed by atoms with Crippen molar-refractivity contribution in [2.45, 2.75) is 12.8 Å². The maximum absolute atomic E-state index is 12.9. The molecule has 3 rings (SSSR count). The SMILES string of the molecule is Cn1nnnc1-c1cccc(NC(=O)CCC(=O)c2ccc(F)cc2)c1. The standard InChI is InChI=1S/C18H16FN5O2/c1-24-18(21-22-23-24)13-3-2-4-15(11-13)20-17(26)10-9-16(25)12-5-7-14(19)8-6-12/h2-8,11H,9-10H2,1H3,(H,20,26). The van der Waals surface area contributed by atoms with Crippen LogP contribution in [0.5, 0.6) is 0 Å². The van der Waals surface area contributed by atoms with Crippen molar-refractivity contribution in [3.63, 3.8) is 0 Å². The van der Waals surface area contributed by atoms with Gasteiger partial charge in [0.1, 0.15) is 5.82 Å². The zero-order valence-corrected chi connectivity index (χ0v) is 14.0. The summed E-state index contributed by atoms with van der Waals surface area (Å²) >= 11 is 0. The van der Waals surface area contributed by atoms with Crippen LogP contribution >= 0.6 is 0 Å². The number of halogens is 1.